The average molecular weight is 271 g/mol. The molecule has 0 aromatic heterocycles. The van der Waals surface area contributed by atoms with E-state index in [4.69, 9.17) is 27.2 Å². The first kappa shape index (κ1) is 13.1. The summed E-state index contributed by atoms with van der Waals surface area (Å²) in [6, 6.07) is 4.81. The minimum atomic E-state index is -0.313. The van der Waals surface area contributed by atoms with Gasteiger partial charge >= 0.3 is 0 Å². The number of hydrogen-bond donors (Lipinski definition) is 2. The number of morpholine rings is 1. The van der Waals surface area contributed by atoms with Gasteiger partial charge in [0.2, 0.25) is 0 Å². The molecule has 3 N–H and O–H groups in total. The van der Waals surface area contributed by atoms with E-state index in [1.807, 2.05) is 0 Å². The molecule has 0 saturated carbocycles. The van der Waals surface area contributed by atoms with Gasteiger partial charge < -0.3 is 20.5 Å². The molecule has 1 unspecified atom stereocenters. The Labute approximate surface area is 110 Å². The summed E-state index contributed by atoms with van der Waals surface area (Å²) in [4.78, 5) is 13.9. The van der Waals surface area contributed by atoms with Crippen LogP contribution in [0.4, 0.5) is 5.69 Å². The van der Waals surface area contributed by atoms with E-state index in [-0.39, 0.29) is 18.6 Å². The fraction of sp³-hybridized carbons (Fsp3) is 0.417. The summed E-state index contributed by atoms with van der Waals surface area (Å²) in [6.45, 7) is 1.24. The van der Waals surface area contributed by atoms with Gasteiger partial charge in [0.05, 0.1) is 30.0 Å². The van der Waals surface area contributed by atoms with Gasteiger partial charge in [-0.2, -0.15) is 0 Å². The molecule has 5 nitrogen and oxygen atoms in total. The Morgan fingerprint density at radius 1 is 1.61 bits per heavy atom. The van der Waals surface area contributed by atoms with Crippen molar-refractivity contribution in [3.8, 4) is 0 Å². The fourth-order valence-electron chi connectivity index (χ4n) is 1.87. The highest BCUT2D eigenvalue weighted by molar-refractivity contribution is 6.33. The zero-order chi connectivity index (χ0) is 13.1. The Morgan fingerprint density at radius 3 is 3.06 bits per heavy atom. The third-order valence-electron chi connectivity index (χ3n) is 2.87. The van der Waals surface area contributed by atoms with Crippen molar-refractivity contribution in [3.63, 3.8) is 0 Å². The van der Waals surface area contributed by atoms with E-state index < -0.39 is 0 Å². The Hall–Kier alpha value is -1.30. The number of carbonyl (C=O) groups excluding carboxylic acids is 1. The number of aliphatic hydroxyl groups is 1. The number of carbonyl (C=O) groups is 1. The van der Waals surface area contributed by atoms with Crippen LogP contribution in [-0.2, 0) is 4.74 Å². The van der Waals surface area contributed by atoms with Crippen molar-refractivity contribution in [1.29, 1.82) is 0 Å². The lowest BCUT2D eigenvalue weighted by Gasteiger charge is -2.32. The van der Waals surface area contributed by atoms with E-state index in [2.05, 4.69) is 0 Å². The number of halogens is 1. The van der Waals surface area contributed by atoms with Crippen LogP contribution in [0.1, 0.15) is 10.4 Å². The summed E-state index contributed by atoms with van der Waals surface area (Å²) in [5.74, 6) is -0.125. The zero-order valence-electron chi connectivity index (χ0n) is 9.80. The lowest BCUT2D eigenvalue weighted by molar-refractivity contribution is -0.0447. The molecule has 0 bridgehead atoms. The molecule has 2 rings (SSSR count). The molecule has 1 aromatic rings. The number of benzene rings is 1. The molecule has 1 heterocycles. The van der Waals surface area contributed by atoms with Crippen molar-refractivity contribution in [3.05, 3.63) is 28.8 Å². The molecule has 0 aliphatic carbocycles. The van der Waals surface area contributed by atoms with Crippen LogP contribution >= 0.6 is 11.6 Å². The monoisotopic (exact) mass is 270 g/mol. The van der Waals surface area contributed by atoms with Gasteiger partial charge in [-0.1, -0.05) is 11.6 Å². The second-order valence-corrected chi connectivity index (χ2v) is 4.57. The molecular formula is C12H15ClN2O3. The van der Waals surface area contributed by atoms with Crippen molar-refractivity contribution in [2.75, 3.05) is 32.0 Å². The molecule has 98 valence electrons. The van der Waals surface area contributed by atoms with Crippen LogP contribution in [0.3, 0.4) is 0 Å². The van der Waals surface area contributed by atoms with E-state index in [0.717, 1.165) is 0 Å². The number of hydrogen-bond acceptors (Lipinski definition) is 4. The van der Waals surface area contributed by atoms with Gasteiger partial charge in [0, 0.05) is 18.7 Å². The standard InChI is InChI=1S/C12H15ClN2O3/c13-10-2-1-8(5-11(10)14)12(17)15-3-4-18-9(6-15)7-16/h1-2,5,9,16H,3-4,6-7,14H2. The molecule has 1 atom stereocenters. The Balaban J connectivity index is 2.12. The minimum absolute atomic E-state index is 0.0907. The van der Waals surface area contributed by atoms with Crippen molar-refractivity contribution in [2.24, 2.45) is 0 Å². The topological polar surface area (TPSA) is 75.8 Å². The number of nitrogens with two attached hydrogens (primary N) is 1. The predicted octanol–water partition coefficient (Wildman–Crippen LogP) is 0.755. The first-order valence-corrected chi connectivity index (χ1v) is 6.06. The highest BCUT2D eigenvalue weighted by Crippen LogP contribution is 2.21. The van der Waals surface area contributed by atoms with Gasteiger partial charge in [-0.25, -0.2) is 0 Å². The fourth-order valence-corrected chi connectivity index (χ4v) is 1.99. The normalized spacial score (nSPS) is 19.9. The van der Waals surface area contributed by atoms with E-state index >= 15 is 0 Å². The predicted molar refractivity (Wildman–Crippen MR) is 68.6 cm³/mol. The van der Waals surface area contributed by atoms with Crippen molar-refractivity contribution in [2.45, 2.75) is 6.10 Å². The molecule has 1 amide bonds. The quantitative estimate of drug-likeness (QED) is 0.778. The summed E-state index contributed by atoms with van der Waals surface area (Å²) >= 11 is 5.81. The van der Waals surface area contributed by atoms with E-state index in [1.165, 1.54) is 0 Å². The van der Waals surface area contributed by atoms with Crippen LogP contribution in [0.5, 0.6) is 0 Å². The largest absolute Gasteiger partial charge is 0.398 e. The Morgan fingerprint density at radius 2 is 2.39 bits per heavy atom. The Bertz CT molecular complexity index is 453. The Kier molecular flexibility index (Phi) is 4.06. The average Bonchev–Trinajstić information content (AvgIpc) is 2.41. The highest BCUT2D eigenvalue weighted by Gasteiger charge is 2.24. The highest BCUT2D eigenvalue weighted by atomic mass is 35.5. The smallest absolute Gasteiger partial charge is 0.254 e. The van der Waals surface area contributed by atoms with Crippen LogP contribution in [0, 0.1) is 0 Å². The van der Waals surface area contributed by atoms with Crippen LogP contribution in [0.15, 0.2) is 18.2 Å². The maximum absolute atomic E-state index is 12.2. The number of aliphatic hydroxyl groups excluding tert-OH is 1. The maximum Gasteiger partial charge on any atom is 0.254 e. The van der Waals surface area contributed by atoms with E-state index in [9.17, 15) is 4.79 Å². The lowest BCUT2D eigenvalue weighted by atomic mass is 10.1. The van der Waals surface area contributed by atoms with Gasteiger partial charge in [-0.15, -0.1) is 0 Å². The number of anilines is 1. The SMILES string of the molecule is Nc1cc(C(=O)N2CCOC(CO)C2)ccc1Cl. The molecule has 0 radical (unpaired) electrons. The third kappa shape index (κ3) is 2.75. The summed E-state index contributed by atoms with van der Waals surface area (Å²) in [5.41, 5.74) is 6.55. The minimum Gasteiger partial charge on any atom is -0.398 e. The van der Waals surface area contributed by atoms with E-state index in [1.54, 1.807) is 23.1 Å². The third-order valence-corrected chi connectivity index (χ3v) is 3.22. The molecular weight excluding hydrogens is 256 g/mol. The first-order valence-electron chi connectivity index (χ1n) is 5.68. The molecule has 0 spiro atoms. The van der Waals surface area contributed by atoms with E-state index in [0.29, 0.717) is 36.0 Å². The summed E-state index contributed by atoms with van der Waals surface area (Å²) in [7, 11) is 0. The van der Waals surface area contributed by atoms with Crippen molar-refractivity contribution >= 4 is 23.2 Å². The van der Waals surface area contributed by atoms with Crippen molar-refractivity contribution < 1.29 is 14.6 Å². The molecule has 1 fully saturated rings. The van der Waals surface area contributed by atoms with Crippen LogP contribution in [0.2, 0.25) is 5.02 Å². The number of nitrogens with zero attached hydrogens (tertiary/aromatic N) is 1. The summed E-state index contributed by atoms with van der Waals surface area (Å²) in [6.07, 6.45) is -0.313. The lowest BCUT2D eigenvalue weighted by Crippen LogP contribution is -2.46. The molecule has 18 heavy (non-hydrogen) atoms. The van der Waals surface area contributed by atoms with Crippen molar-refractivity contribution in [1.82, 2.24) is 4.90 Å². The molecule has 1 aliphatic heterocycles. The van der Waals surface area contributed by atoms with Gasteiger partial charge in [0.25, 0.3) is 5.91 Å². The summed E-state index contributed by atoms with van der Waals surface area (Å²) in [5, 5.41) is 9.47. The molecule has 1 saturated heterocycles. The maximum atomic E-state index is 12.2. The van der Waals surface area contributed by atoms with Gasteiger partial charge in [0.15, 0.2) is 0 Å². The number of nitrogen functional groups attached to an aromatic ring is 1. The van der Waals surface area contributed by atoms with Gasteiger partial charge in [0.1, 0.15) is 0 Å². The van der Waals surface area contributed by atoms with Gasteiger partial charge in [-0.05, 0) is 18.2 Å². The molecule has 1 aliphatic rings. The zero-order valence-corrected chi connectivity index (χ0v) is 10.6. The van der Waals surface area contributed by atoms with Crippen LogP contribution < -0.4 is 5.73 Å². The van der Waals surface area contributed by atoms with Gasteiger partial charge in [-0.3, -0.25) is 4.79 Å². The molecule has 1 aromatic carbocycles. The number of rotatable bonds is 2. The number of amides is 1. The first-order chi connectivity index (χ1) is 8.61. The second kappa shape index (κ2) is 5.56. The van der Waals surface area contributed by atoms with Crippen LogP contribution in [0.25, 0.3) is 0 Å². The summed E-state index contributed by atoms with van der Waals surface area (Å²) < 4.78 is 5.30. The van der Waals surface area contributed by atoms with Crippen LogP contribution in [-0.4, -0.2) is 48.3 Å². The number of ether oxygens (including phenoxy) is 1. The second-order valence-electron chi connectivity index (χ2n) is 4.16. The molecule has 6 heteroatoms.